The molecule has 2 aromatic rings. The lowest BCUT2D eigenvalue weighted by molar-refractivity contribution is -0.0136. The van der Waals surface area contributed by atoms with E-state index in [1.54, 1.807) is 0 Å². The number of hydrogen-bond acceptors (Lipinski definition) is 8. The van der Waals surface area contributed by atoms with Crippen LogP contribution in [0.1, 0.15) is 41.4 Å². The highest BCUT2D eigenvalue weighted by molar-refractivity contribution is 7.15. The van der Waals surface area contributed by atoms with E-state index in [9.17, 15) is 5.11 Å². The topological polar surface area (TPSA) is 92.2 Å². The molecule has 8 heteroatoms. The third kappa shape index (κ3) is 3.47. The zero-order valence-electron chi connectivity index (χ0n) is 15.3. The molecule has 0 bridgehead atoms. The van der Waals surface area contributed by atoms with E-state index in [0.29, 0.717) is 25.1 Å². The molecule has 2 aromatic heterocycles. The van der Waals surface area contributed by atoms with Crippen molar-refractivity contribution in [2.24, 2.45) is 0 Å². The molecule has 2 atom stereocenters. The van der Waals surface area contributed by atoms with Crippen LogP contribution in [0, 0.1) is 0 Å². The van der Waals surface area contributed by atoms with Crippen molar-refractivity contribution in [3.8, 4) is 10.6 Å². The molecule has 5 rings (SSSR count). The van der Waals surface area contributed by atoms with Crippen LogP contribution in [-0.2, 0) is 17.6 Å². The van der Waals surface area contributed by atoms with Gasteiger partial charge in [0, 0.05) is 18.7 Å². The number of anilines is 1. The summed E-state index contributed by atoms with van der Waals surface area (Å²) in [6.07, 6.45) is 6.41. The number of piperidine rings is 1. The molecule has 0 saturated carbocycles. The third-order valence-electron chi connectivity index (χ3n) is 5.75. The average Bonchev–Trinajstić information content (AvgIpc) is 3.15. The molecule has 0 aromatic carbocycles. The first-order chi connectivity index (χ1) is 13.3. The Labute approximate surface area is 162 Å². The van der Waals surface area contributed by atoms with Gasteiger partial charge in [0.1, 0.15) is 0 Å². The minimum atomic E-state index is -0.524. The van der Waals surface area contributed by atoms with Gasteiger partial charge in [0.05, 0.1) is 40.0 Å². The van der Waals surface area contributed by atoms with E-state index < -0.39 is 6.10 Å². The predicted molar refractivity (Wildman–Crippen MR) is 104 cm³/mol. The third-order valence-corrected chi connectivity index (χ3v) is 7.02. The van der Waals surface area contributed by atoms with Crippen LogP contribution in [0.2, 0.25) is 0 Å². The normalized spacial score (nSPS) is 25.7. The van der Waals surface area contributed by atoms with E-state index >= 15 is 0 Å². The monoisotopic (exact) mass is 387 g/mol. The first-order valence-electron chi connectivity index (χ1n) is 9.87. The van der Waals surface area contributed by atoms with Crippen molar-refractivity contribution in [3.05, 3.63) is 22.5 Å². The number of thiazole rings is 1. The number of rotatable bonds is 3. The van der Waals surface area contributed by atoms with Crippen LogP contribution < -0.4 is 10.6 Å². The maximum Gasteiger partial charge on any atom is 0.223 e. The van der Waals surface area contributed by atoms with Crippen LogP contribution in [0.25, 0.3) is 10.6 Å². The minimum absolute atomic E-state index is 0.0633. The first kappa shape index (κ1) is 17.5. The molecule has 0 unspecified atom stereocenters. The Hall–Kier alpha value is -1.61. The SMILES string of the molecule is O[C@@H]1COCC[C@H]1Nc1ncc2c(n1)-c1sc(C3CCNCC3)nc1CC2. The summed E-state index contributed by atoms with van der Waals surface area (Å²) in [7, 11) is 0. The fourth-order valence-electron chi connectivity index (χ4n) is 4.13. The Morgan fingerprint density at radius 1 is 1.19 bits per heavy atom. The van der Waals surface area contributed by atoms with Crippen molar-refractivity contribution in [1.82, 2.24) is 20.3 Å². The number of aliphatic hydroxyl groups is 1. The second kappa shape index (κ2) is 7.43. The van der Waals surface area contributed by atoms with E-state index in [1.165, 1.54) is 21.1 Å². The summed E-state index contributed by atoms with van der Waals surface area (Å²) in [6, 6.07) is -0.0633. The summed E-state index contributed by atoms with van der Waals surface area (Å²) in [6.45, 7) is 3.17. The Morgan fingerprint density at radius 2 is 2.07 bits per heavy atom. The maximum atomic E-state index is 10.1. The van der Waals surface area contributed by atoms with Gasteiger partial charge in [0.25, 0.3) is 0 Å². The van der Waals surface area contributed by atoms with Gasteiger partial charge in [-0.25, -0.2) is 15.0 Å². The number of nitrogens with one attached hydrogen (secondary N) is 2. The molecule has 0 spiro atoms. The molecule has 3 aliphatic rings. The molecule has 27 heavy (non-hydrogen) atoms. The average molecular weight is 388 g/mol. The highest BCUT2D eigenvalue weighted by Gasteiger charge is 2.28. The molecule has 0 radical (unpaired) electrons. The molecule has 2 fully saturated rings. The van der Waals surface area contributed by atoms with Crippen molar-refractivity contribution in [2.45, 2.75) is 50.2 Å². The number of aliphatic hydroxyl groups excluding tert-OH is 1. The van der Waals surface area contributed by atoms with Crippen LogP contribution in [0.5, 0.6) is 0 Å². The minimum Gasteiger partial charge on any atom is -0.389 e. The number of nitrogens with zero attached hydrogens (tertiary/aromatic N) is 3. The Balaban J connectivity index is 1.42. The summed E-state index contributed by atoms with van der Waals surface area (Å²) < 4.78 is 5.31. The second-order valence-electron chi connectivity index (χ2n) is 7.60. The summed E-state index contributed by atoms with van der Waals surface area (Å²) in [5, 5.41) is 18.1. The highest BCUT2D eigenvalue weighted by Crippen LogP contribution is 2.40. The summed E-state index contributed by atoms with van der Waals surface area (Å²) in [4.78, 5) is 15.5. The van der Waals surface area contributed by atoms with Gasteiger partial charge in [0.15, 0.2) is 0 Å². The van der Waals surface area contributed by atoms with Crippen LogP contribution in [0.15, 0.2) is 6.20 Å². The molecular formula is C19H25N5O2S. The molecule has 2 aliphatic heterocycles. The van der Waals surface area contributed by atoms with Gasteiger partial charge in [-0.1, -0.05) is 0 Å². The van der Waals surface area contributed by atoms with E-state index in [0.717, 1.165) is 50.9 Å². The molecular weight excluding hydrogens is 362 g/mol. The summed E-state index contributed by atoms with van der Waals surface area (Å²) in [5.74, 6) is 1.16. The van der Waals surface area contributed by atoms with Crippen molar-refractivity contribution < 1.29 is 9.84 Å². The van der Waals surface area contributed by atoms with Crippen molar-refractivity contribution in [1.29, 1.82) is 0 Å². The fraction of sp³-hybridized carbons (Fsp3) is 0.632. The van der Waals surface area contributed by atoms with Gasteiger partial charge >= 0.3 is 0 Å². The van der Waals surface area contributed by atoms with Crippen molar-refractivity contribution in [2.75, 3.05) is 31.6 Å². The highest BCUT2D eigenvalue weighted by atomic mass is 32.1. The van der Waals surface area contributed by atoms with Gasteiger partial charge in [-0.05, 0) is 50.8 Å². The smallest absolute Gasteiger partial charge is 0.223 e. The van der Waals surface area contributed by atoms with Crippen molar-refractivity contribution in [3.63, 3.8) is 0 Å². The lowest BCUT2D eigenvalue weighted by Gasteiger charge is -2.28. The Bertz CT molecular complexity index is 820. The first-order valence-corrected chi connectivity index (χ1v) is 10.7. The Kier molecular flexibility index (Phi) is 4.81. The lowest BCUT2D eigenvalue weighted by Crippen LogP contribution is -2.42. The number of aromatic nitrogens is 3. The Morgan fingerprint density at radius 3 is 2.93 bits per heavy atom. The molecule has 2 saturated heterocycles. The molecule has 1 aliphatic carbocycles. The number of aryl methyl sites for hydroxylation is 2. The van der Waals surface area contributed by atoms with Gasteiger partial charge in [-0.3, -0.25) is 0 Å². The quantitative estimate of drug-likeness (QED) is 0.739. The van der Waals surface area contributed by atoms with Gasteiger partial charge in [-0.2, -0.15) is 0 Å². The van der Waals surface area contributed by atoms with Gasteiger partial charge in [-0.15, -0.1) is 11.3 Å². The van der Waals surface area contributed by atoms with E-state index in [-0.39, 0.29) is 6.04 Å². The largest absolute Gasteiger partial charge is 0.389 e. The van der Waals surface area contributed by atoms with Crippen LogP contribution in [0.3, 0.4) is 0 Å². The van der Waals surface area contributed by atoms with Gasteiger partial charge in [0.2, 0.25) is 5.95 Å². The maximum absolute atomic E-state index is 10.1. The molecule has 7 nitrogen and oxygen atoms in total. The van der Waals surface area contributed by atoms with Gasteiger partial charge < -0.3 is 20.5 Å². The molecule has 144 valence electrons. The molecule has 0 amide bonds. The number of ether oxygens (including phenoxy) is 1. The zero-order valence-corrected chi connectivity index (χ0v) is 16.1. The van der Waals surface area contributed by atoms with Crippen molar-refractivity contribution >= 4 is 17.3 Å². The lowest BCUT2D eigenvalue weighted by atomic mass is 9.98. The molecule has 3 N–H and O–H groups in total. The van der Waals surface area contributed by atoms with Crippen LogP contribution >= 0.6 is 11.3 Å². The van der Waals surface area contributed by atoms with Crippen LogP contribution in [0.4, 0.5) is 5.95 Å². The fourth-order valence-corrected chi connectivity index (χ4v) is 5.44. The van der Waals surface area contributed by atoms with Crippen LogP contribution in [-0.4, -0.2) is 58.5 Å². The standard InChI is InChI=1S/C19H25N5O2S/c25-15-10-26-8-5-13(15)23-19-21-9-12-1-2-14-17(16(12)24-19)27-18(22-14)11-3-6-20-7-4-11/h9,11,13,15,20,25H,1-8,10H2,(H,21,23,24)/t13-,15-/m1/s1. The van der Waals surface area contributed by atoms with E-state index in [4.69, 9.17) is 14.7 Å². The summed E-state index contributed by atoms with van der Waals surface area (Å²) in [5.41, 5.74) is 3.41. The van der Waals surface area contributed by atoms with E-state index in [1.807, 2.05) is 17.5 Å². The van der Waals surface area contributed by atoms with E-state index in [2.05, 4.69) is 15.6 Å². The number of fused-ring (bicyclic) bond motifs is 3. The second-order valence-corrected chi connectivity index (χ2v) is 8.63. The predicted octanol–water partition coefficient (Wildman–Crippen LogP) is 1.73. The summed E-state index contributed by atoms with van der Waals surface area (Å²) >= 11 is 1.81. The molecule has 4 heterocycles. The zero-order chi connectivity index (χ0) is 18.2. The number of hydrogen-bond donors (Lipinski definition) is 3.